The van der Waals surface area contributed by atoms with Crippen LogP contribution in [-0.4, -0.2) is 24.0 Å². The minimum Gasteiger partial charge on any atom is -0.465 e. The van der Waals surface area contributed by atoms with E-state index in [1.165, 1.54) is 24.8 Å². The number of furan rings is 1. The lowest BCUT2D eigenvalue weighted by Crippen LogP contribution is -2.35. The van der Waals surface area contributed by atoms with Gasteiger partial charge in [-0.3, -0.25) is 4.90 Å². The van der Waals surface area contributed by atoms with Crippen molar-refractivity contribution in [3.8, 4) is 0 Å². The Morgan fingerprint density at radius 2 is 1.95 bits per heavy atom. The third kappa shape index (κ3) is 6.58. The van der Waals surface area contributed by atoms with Crippen LogP contribution in [0.2, 0.25) is 0 Å². The summed E-state index contributed by atoms with van der Waals surface area (Å²) in [6.07, 6.45) is 3.85. The smallest absolute Gasteiger partial charge is 0.118 e. The molecular weight excluding hydrogens is 248 g/mol. The number of nitrogens with zero attached hydrogens (tertiary/aromatic N) is 1. The molecule has 0 aromatic carbocycles. The van der Waals surface area contributed by atoms with E-state index in [1.807, 2.05) is 0 Å². The molecule has 1 aromatic rings. The second-order valence-corrected chi connectivity index (χ2v) is 6.84. The fourth-order valence-corrected chi connectivity index (χ4v) is 2.18. The third-order valence-corrected chi connectivity index (χ3v) is 3.45. The zero-order valence-electron chi connectivity index (χ0n) is 14.2. The Bertz CT molecular complexity index is 390. The van der Waals surface area contributed by atoms with E-state index in [4.69, 9.17) is 4.42 Å². The zero-order valence-corrected chi connectivity index (χ0v) is 14.2. The van der Waals surface area contributed by atoms with E-state index in [0.29, 0.717) is 0 Å². The Labute approximate surface area is 124 Å². The van der Waals surface area contributed by atoms with Crippen LogP contribution < -0.4 is 5.32 Å². The molecule has 116 valence electrons. The summed E-state index contributed by atoms with van der Waals surface area (Å²) in [5, 5.41) is 3.51. The molecule has 0 unspecified atom stereocenters. The Kier molecular flexibility index (Phi) is 6.77. The predicted molar refractivity (Wildman–Crippen MR) is 85.9 cm³/mol. The number of nitrogens with one attached hydrogen (secondary N) is 1. The van der Waals surface area contributed by atoms with Gasteiger partial charge < -0.3 is 9.73 Å². The molecule has 1 N–H and O–H groups in total. The lowest BCUT2D eigenvalue weighted by Gasteiger charge is -2.20. The molecule has 0 bridgehead atoms. The summed E-state index contributed by atoms with van der Waals surface area (Å²) in [4.78, 5) is 2.34. The van der Waals surface area contributed by atoms with Crippen LogP contribution in [0.3, 0.4) is 0 Å². The predicted octanol–water partition coefficient (Wildman–Crippen LogP) is 4.10. The monoisotopic (exact) mass is 280 g/mol. The highest BCUT2D eigenvalue weighted by Gasteiger charge is 2.13. The molecule has 0 saturated carbocycles. The van der Waals surface area contributed by atoms with Crippen molar-refractivity contribution < 1.29 is 4.42 Å². The molecule has 0 atom stereocenters. The second-order valence-electron chi connectivity index (χ2n) is 6.84. The Morgan fingerprint density at radius 3 is 2.55 bits per heavy atom. The van der Waals surface area contributed by atoms with E-state index in [0.717, 1.165) is 31.2 Å². The number of unbranched alkanes of at least 4 members (excludes halogenated alkanes) is 2. The fraction of sp³-hybridized carbons (Fsp3) is 0.765. The molecule has 3 nitrogen and oxygen atoms in total. The van der Waals surface area contributed by atoms with Gasteiger partial charge in [-0.05, 0) is 53.8 Å². The summed E-state index contributed by atoms with van der Waals surface area (Å²) in [6.45, 7) is 13.8. The van der Waals surface area contributed by atoms with Crippen molar-refractivity contribution >= 4 is 0 Å². The maximum absolute atomic E-state index is 5.88. The molecule has 1 aromatic heterocycles. The molecule has 0 radical (unpaired) electrons. The minimum absolute atomic E-state index is 0.140. The highest BCUT2D eigenvalue weighted by molar-refractivity contribution is 5.20. The van der Waals surface area contributed by atoms with Gasteiger partial charge in [0.1, 0.15) is 11.5 Å². The standard InChI is InChI=1S/C17H32N2O/c1-7-8-9-10-19(6)13-16-11-15(14(2)20-16)12-18-17(3,4)5/h11,18H,7-10,12-13H2,1-6H3. The van der Waals surface area contributed by atoms with E-state index in [2.05, 4.69) is 57.9 Å². The average molecular weight is 280 g/mol. The summed E-state index contributed by atoms with van der Waals surface area (Å²) in [5.41, 5.74) is 1.41. The first kappa shape index (κ1) is 17.3. The maximum atomic E-state index is 5.88. The van der Waals surface area contributed by atoms with E-state index in [9.17, 15) is 0 Å². The molecular formula is C17H32N2O. The molecule has 1 rings (SSSR count). The van der Waals surface area contributed by atoms with Crippen LogP contribution in [-0.2, 0) is 13.1 Å². The number of aryl methyl sites for hydroxylation is 1. The van der Waals surface area contributed by atoms with E-state index >= 15 is 0 Å². The highest BCUT2D eigenvalue weighted by atomic mass is 16.3. The molecule has 0 fully saturated rings. The van der Waals surface area contributed by atoms with Gasteiger partial charge in [-0.1, -0.05) is 19.8 Å². The first-order valence-electron chi connectivity index (χ1n) is 7.83. The van der Waals surface area contributed by atoms with Gasteiger partial charge in [0, 0.05) is 17.6 Å². The molecule has 0 aliphatic rings. The van der Waals surface area contributed by atoms with Gasteiger partial charge >= 0.3 is 0 Å². The normalized spacial score (nSPS) is 12.3. The summed E-state index contributed by atoms with van der Waals surface area (Å²) in [7, 11) is 2.17. The van der Waals surface area contributed by atoms with Gasteiger partial charge in [0.2, 0.25) is 0 Å². The molecule has 0 amide bonds. The summed E-state index contributed by atoms with van der Waals surface area (Å²) < 4.78 is 5.88. The van der Waals surface area contributed by atoms with Crippen molar-refractivity contribution in [3.63, 3.8) is 0 Å². The lowest BCUT2D eigenvalue weighted by molar-refractivity contribution is 0.286. The van der Waals surface area contributed by atoms with E-state index in [-0.39, 0.29) is 5.54 Å². The first-order chi connectivity index (χ1) is 9.31. The van der Waals surface area contributed by atoms with Crippen LogP contribution >= 0.6 is 0 Å². The zero-order chi connectivity index (χ0) is 15.2. The van der Waals surface area contributed by atoms with Gasteiger partial charge in [-0.25, -0.2) is 0 Å². The second kappa shape index (κ2) is 7.84. The first-order valence-corrected chi connectivity index (χ1v) is 7.83. The van der Waals surface area contributed by atoms with Crippen molar-refractivity contribution in [3.05, 3.63) is 23.2 Å². The molecule has 0 aliphatic heterocycles. The Hall–Kier alpha value is -0.800. The molecule has 3 heteroatoms. The van der Waals surface area contributed by atoms with Crippen molar-refractivity contribution in [1.82, 2.24) is 10.2 Å². The molecule has 0 aliphatic carbocycles. The van der Waals surface area contributed by atoms with Gasteiger partial charge in [-0.2, -0.15) is 0 Å². The van der Waals surface area contributed by atoms with Crippen LogP contribution in [0.25, 0.3) is 0 Å². The number of hydrogen-bond donors (Lipinski definition) is 1. The van der Waals surface area contributed by atoms with Crippen LogP contribution in [0.4, 0.5) is 0 Å². The largest absolute Gasteiger partial charge is 0.465 e. The average Bonchev–Trinajstić information content (AvgIpc) is 2.66. The van der Waals surface area contributed by atoms with Gasteiger partial charge in [0.25, 0.3) is 0 Å². The molecule has 20 heavy (non-hydrogen) atoms. The van der Waals surface area contributed by atoms with Crippen molar-refractivity contribution in [2.75, 3.05) is 13.6 Å². The van der Waals surface area contributed by atoms with Crippen LogP contribution in [0.15, 0.2) is 10.5 Å². The topological polar surface area (TPSA) is 28.4 Å². The SMILES string of the molecule is CCCCCN(C)Cc1cc(CNC(C)(C)C)c(C)o1. The van der Waals surface area contributed by atoms with E-state index < -0.39 is 0 Å². The quantitative estimate of drug-likeness (QED) is 0.727. The highest BCUT2D eigenvalue weighted by Crippen LogP contribution is 2.17. The summed E-state index contributed by atoms with van der Waals surface area (Å²) >= 11 is 0. The summed E-state index contributed by atoms with van der Waals surface area (Å²) in [5.74, 6) is 2.12. The Balaban J connectivity index is 2.48. The lowest BCUT2D eigenvalue weighted by atomic mass is 10.1. The van der Waals surface area contributed by atoms with Crippen LogP contribution in [0.5, 0.6) is 0 Å². The van der Waals surface area contributed by atoms with Gasteiger partial charge in [0.15, 0.2) is 0 Å². The molecule has 0 saturated heterocycles. The fourth-order valence-electron chi connectivity index (χ4n) is 2.18. The number of rotatable bonds is 8. The number of hydrogen-bond acceptors (Lipinski definition) is 3. The van der Waals surface area contributed by atoms with Crippen LogP contribution in [0.1, 0.15) is 64.0 Å². The van der Waals surface area contributed by atoms with Gasteiger partial charge in [-0.15, -0.1) is 0 Å². The molecule has 0 spiro atoms. The maximum Gasteiger partial charge on any atom is 0.118 e. The van der Waals surface area contributed by atoms with Gasteiger partial charge in [0.05, 0.1) is 6.54 Å². The van der Waals surface area contributed by atoms with Crippen molar-refractivity contribution in [2.24, 2.45) is 0 Å². The van der Waals surface area contributed by atoms with Crippen LogP contribution in [0, 0.1) is 6.92 Å². The molecule has 1 heterocycles. The Morgan fingerprint density at radius 1 is 1.25 bits per heavy atom. The van der Waals surface area contributed by atoms with Crippen molar-refractivity contribution in [1.29, 1.82) is 0 Å². The van der Waals surface area contributed by atoms with Crippen molar-refractivity contribution in [2.45, 2.75) is 72.5 Å². The van der Waals surface area contributed by atoms with E-state index in [1.54, 1.807) is 0 Å². The summed E-state index contributed by atoms with van der Waals surface area (Å²) in [6, 6.07) is 2.20. The third-order valence-electron chi connectivity index (χ3n) is 3.45. The minimum atomic E-state index is 0.140.